The van der Waals surface area contributed by atoms with E-state index in [-0.39, 0.29) is 22.2 Å². The maximum atomic E-state index is 3.00. The fraction of sp³-hybridized carbons (Fsp3) is 0.448. The second-order valence-corrected chi connectivity index (χ2v) is 20.5. The van der Waals surface area contributed by atoms with Crippen LogP contribution in [0.5, 0.6) is 0 Å². The molecule has 5 aliphatic rings. The van der Waals surface area contributed by atoms with E-state index in [1.807, 2.05) is 0 Å². The van der Waals surface area contributed by atoms with Gasteiger partial charge in [0, 0.05) is 68.9 Å². The van der Waals surface area contributed by atoms with Crippen LogP contribution in [0.4, 0.5) is 22.7 Å². The summed E-state index contributed by atoms with van der Waals surface area (Å²) in [6, 6.07) is 45.1. The molecule has 0 bridgehead atoms. The van der Waals surface area contributed by atoms with E-state index in [9.17, 15) is 0 Å². The van der Waals surface area contributed by atoms with Gasteiger partial charge in [-0.3, -0.25) is 0 Å². The molecule has 4 aromatic rings. The summed E-state index contributed by atoms with van der Waals surface area (Å²) in [4.78, 5) is 11.2. The van der Waals surface area contributed by atoms with Crippen LogP contribution in [0.15, 0.2) is 169 Å². The van der Waals surface area contributed by atoms with E-state index >= 15 is 0 Å². The largest absolute Gasteiger partial charge is 0.369 e. The lowest BCUT2D eigenvalue weighted by molar-refractivity contribution is -0.00232. The fourth-order valence-corrected chi connectivity index (χ4v) is 12.7. The van der Waals surface area contributed by atoms with Crippen LogP contribution >= 0.6 is 0 Å². The second-order valence-electron chi connectivity index (χ2n) is 20.5. The third kappa shape index (κ3) is 8.69. The van der Waals surface area contributed by atoms with E-state index in [1.54, 1.807) is 0 Å². The molecule has 0 amide bonds. The molecule has 4 aromatic carbocycles. The molecule has 4 nitrogen and oxygen atoms in total. The zero-order valence-corrected chi connectivity index (χ0v) is 38.3. The van der Waals surface area contributed by atoms with Gasteiger partial charge in [0.05, 0.1) is 0 Å². The third-order valence-corrected chi connectivity index (χ3v) is 15.9. The van der Waals surface area contributed by atoms with Crippen LogP contribution in [-0.4, -0.2) is 44.5 Å². The lowest BCUT2D eigenvalue weighted by Gasteiger charge is -2.58. The highest BCUT2D eigenvalue weighted by Crippen LogP contribution is 2.53. The van der Waals surface area contributed by atoms with Crippen molar-refractivity contribution in [3.05, 3.63) is 169 Å². The Kier molecular flexibility index (Phi) is 12.3. The Hall–Kier alpha value is -4.96. The van der Waals surface area contributed by atoms with Crippen LogP contribution in [0.25, 0.3) is 0 Å². The molecule has 0 spiro atoms. The molecule has 62 heavy (non-hydrogen) atoms. The molecule has 0 N–H and O–H groups in total. The Morgan fingerprint density at radius 1 is 0.435 bits per heavy atom. The highest BCUT2D eigenvalue weighted by atomic mass is 15.3. The fourth-order valence-electron chi connectivity index (χ4n) is 12.7. The summed E-state index contributed by atoms with van der Waals surface area (Å²) in [6.45, 7) is 11.5. The van der Waals surface area contributed by atoms with Crippen LogP contribution in [-0.2, 0) is 0 Å². The van der Waals surface area contributed by atoms with Crippen LogP contribution in [0.1, 0.15) is 124 Å². The molecule has 324 valence electrons. The number of benzene rings is 4. The molecule has 3 saturated carbocycles. The number of anilines is 4. The van der Waals surface area contributed by atoms with Crippen molar-refractivity contribution in [2.45, 2.75) is 152 Å². The Bertz CT molecular complexity index is 2110. The standard InChI is InChI=1S/C58H72N4/c1-55(60(50-25-13-6-14-26-50)51-27-15-7-16-28-51)39-36-49(37-40-55)59(48-23-11-5-12-24-48)46-47-35-38-58(4,45-47)62(54-33-21-10-22-34-54)57(3)43-41-56(2,42-44-57)61(52-29-17-8-18-30-52)53-31-19-9-20-32-53/h6-9,11,13-21,23-34,47,49H,5,10,12,22,35-46H2,1-4H3. The second kappa shape index (κ2) is 18.0. The van der Waals surface area contributed by atoms with Crippen molar-refractivity contribution in [1.82, 2.24) is 9.80 Å². The molecule has 3 fully saturated rings. The summed E-state index contributed by atoms with van der Waals surface area (Å²) in [6.07, 6.45) is 32.8. The van der Waals surface area contributed by atoms with Gasteiger partial charge in [0.1, 0.15) is 0 Å². The molecule has 0 heterocycles. The number of rotatable bonds is 13. The van der Waals surface area contributed by atoms with Crippen molar-refractivity contribution in [3.63, 3.8) is 0 Å². The average Bonchev–Trinajstić information content (AvgIpc) is 3.69. The molecule has 0 radical (unpaired) electrons. The SMILES string of the molecule is CC1(N(c2ccccc2)c2ccccc2)CCC(N(CC2CCC(C)(N(C3=CCCC=C3)C3(C)CCC(C)(N(c4ccccc4)c4ccccc4)CC3)C2)C2=CCCC=C2)CC1. The average molecular weight is 825 g/mol. The van der Waals surface area contributed by atoms with Gasteiger partial charge in [-0.2, -0.15) is 0 Å². The first-order valence-corrected chi connectivity index (χ1v) is 24.3. The van der Waals surface area contributed by atoms with Crippen LogP contribution in [0.3, 0.4) is 0 Å². The van der Waals surface area contributed by atoms with E-state index in [1.165, 1.54) is 91.9 Å². The van der Waals surface area contributed by atoms with Crippen LogP contribution in [0, 0.1) is 5.92 Å². The molecule has 9 rings (SSSR count). The molecular weight excluding hydrogens is 753 g/mol. The molecule has 5 aliphatic carbocycles. The minimum atomic E-state index is 0.0286. The molecule has 0 aromatic heterocycles. The van der Waals surface area contributed by atoms with E-state index in [2.05, 4.69) is 205 Å². The first-order valence-electron chi connectivity index (χ1n) is 24.3. The van der Waals surface area contributed by atoms with Crippen LogP contribution < -0.4 is 9.80 Å². The number of hydrogen-bond acceptors (Lipinski definition) is 4. The molecular formula is C58H72N4. The van der Waals surface area contributed by atoms with Crippen molar-refractivity contribution < 1.29 is 0 Å². The maximum absolute atomic E-state index is 3.00. The minimum Gasteiger partial charge on any atom is -0.369 e. The van der Waals surface area contributed by atoms with Gasteiger partial charge < -0.3 is 19.6 Å². The lowest BCUT2D eigenvalue weighted by atomic mass is 9.70. The molecule has 0 saturated heterocycles. The van der Waals surface area contributed by atoms with Crippen molar-refractivity contribution in [3.8, 4) is 0 Å². The monoisotopic (exact) mass is 825 g/mol. The number of allylic oxidation sites excluding steroid dienone is 6. The van der Waals surface area contributed by atoms with Crippen LogP contribution in [0.2, 0.25) is 0 Å². The van der Waals surface area contributed by atoms with Gasteiger partial charge in [-0.25, -0.2) is 0 Å². The van der Waals surface area contributed by atoms with E-state index in [4.69, 9.17) is 0 Å². The number of hydrogen-bond donors (Lipinski definition) is 0. The Morgan fingerprint density at radius 3 is 1.27 bits per heavy atom. The van der Waals surface area contributed by atoms with Gasteiger partial charge in [0.2, 0.25) is 0 Å². The number of para-hydroxylation sites is 4. The minimum absolute atomic E-state index is 0.0286. The van der Waals surface area contributed by atoms with E-state index in [0.29, 0.717) is 12.0 Å². The van der Waals surface area contributed by atoms with Gasteiger partial charge >= 0.3 is 0 Å². The molecule has 2 unspecified atom stereocenters. The summed E-state index contributed by atoms with van der Waals surface area (Å²) in [5.41, 5.74) is 8.43. The van der Waals surface area contributed by atoms with Gasteiger partial charge in [0.15, 0.2) is 0 Å². The van der Waals surface area contributed by atoms with Gasteiger partial charge in [-0.15, -0.1) is 0 Å². The summed E-state index contributed by atoms with van der Waals surface area (Å²) < 4.78 is 0. The Balaban J connectivity index is 0.943. The van der Waals surface area contributed by atoms with E-state index in [0.717, 1.165) is 45.1 Å². The summed E-state index contributed by atoms with van der Waals surface area (Å²) in [7, 11) is 0. The Morgan fingerprint density at radius 2 is 0.839 bits per heavy atom. The summed E-state index contributed by atoms with van der Waals surface area (Å²) >= 11 is 0. The molecule has 4 heteroatoms. The van der Waals surface area contributed by atoms with Gasteiger partial charge in [0.25, 0.3) is 0 Å². The number of nitrogens with zero attached hydrogens (tertiary/aromatic N) is 4. The quantitative estimate of drug-likeness (QED) is 0.133. The zero-order valence-electron chi connectivity index (χ0n) is 38.3. The van der Waals surface area contributed by atoms with E-state index < -0.39 is 0 Å². The normalized spacial score (nSPS) is 29.7. The topological polar surface area (TPSA) is 13.0 Å². The third-order valence-electron chi connectivity index (χ3n) is 15.9. The van der Waals surface area contributed by atoms with Crippen molar-refractivity contribution in [2.24, 2.45) is 5.92 Å². The summed E-state index contributed by atoms with van der Waals surface area (Å²) in [5.74, 6) is 0.662. The van der Waals surface area contributed by atoms with Crippen molar-refractivity contribution in [1.29, 1.82) is 0 Å². The maximum Gasteiger partial charge on any atom is 0.0425 e. The highest BCUT2D eigenvalue weighted by molar-refractivity contribution is 5.67. The Labute approximate surface area is 374 Å². The summed E-state index contributed by atoms with van der Waals surface area (Å²) in [5, 5.41) is 0. The highest BCUT2D eigenvalue weighted by Gasteiger charge is 2.52. The predicted molar refractivity (Wildman–Crippen MR) is 263 cm³/mol. The predicted octanol–water partition coefficient (Wildman–Crippen LogP) is 15.1. The van der Waals surface area contributed by atoms with Crippen molar-refractivity contribution >= 4 is 22.7 Å². The first-order chi connectivity index (χ1) is 30.2. The first kappa shape index (κ1) is 42.3. The molecule has 0 aliphatic heterocycles. The lowest BCUT2D eigenvalue weighted by Crippen LogP contribution is -2.60. The smallest absolute Gasteiger partial charge is 0.0425 e. The van der Waals surface area contributed by atoms with Crippen molar-refractivity contribution in [2.75, 3.05) is 16.3 Å². The van der Waals surface area contributed by atoms with Gasteiger partial charge in [-0.1, -0.05) is 97.1 Å². The van der Waals surface area contributed by atoms with Gasteiger partial charge in [-0.05, 0) is 191 Å². The zero-order chi connectivity index (χ0) is 42.6. The molecule has 2 atom stereocenters.